The number of rotatable bonds is 6. The molecule has 23 heavy (non-hydrogen) atoms. The normalized spacial score (nSPS) is 21.2. The summed E-state index contributed by atoms with van der Waals surface area (Å²) in [7, 11) is 0. The largest absolute Gasteiger partial charge is 0.373 e. The van der Waals surface area contributed by atoms with Crippen LogP contribution in [0.2, 0.25) is 0 Å². The summed E-state index contributed by atoms with van der Waals surface area (Å²) in [4.78, 5) is 18.4. The molecule has 0 spiro atoms. The van der Waals surface area contributed by atoms with Crippen LogP contribution < -0.4 is 11.1 Å². The van der Waals surface area contributed by atoms with Crippen LogP contribution in [0.15, 0.2) is 5.38 Å². The molecule has 3 N–H and O–H groups in total. The molecule has 9 heteroatoms. The lowest BCUT2D eigenvalue weighted by Crippen LogP contribution is -2.44. The van der Waals surface area contributed by atoms with E-state index in [1.165, 1.54) is 11.3 Å². The van der Waals surface area contributed by atoms with Gasteiger partial charge >= 0.3 is 0 Å². The van der Waals surface area contributed by atoms with Gasteiger partial charge in [0.05, 0.1) is 17.9 Å². The van der Waals surface area contributed by atoms with Gasteiger partial charge in [-0.05, 0) is 26.8 Å². The molecule has 1 saturated heterocycles. The Morgan fingerprint density at radius 3 is 2.70 bits per heavy atom. The fourth-order valence-corrected chi connectivity index (χ4v) is 3.24. The third-order valence-corrected chi connectivity index (χ3v) is 4.09. The van der Waals surface area contributed by atoms with Gasteiger partial charge in [-0.1, -0.05) is 0 Å². The number of hydrogen-bond acceptors (Lipinski definition) is 6. The van der Waals surface area contributed by atoms with Crippen LogP contribution in [0.3, 0.4) is 0 Å². The lowest BCUT2D eigenvalue weighted by Gasteiger charge is -2.34. The Morgan fingerprint density at radius 2 is 2.09 bits per heavy atom. The maximum absolute atomic E-state index is 11.6. The van der Waals surface area contributed by atoms with Gasteiger partial charge in [-0.2, -0.15) is 0 Å². The van der Waals surface area contributed by atoms with Crippen LogP contribution in [0.5, 0.6) is 0 Å². The third-order valence-electron chi connectivity index (χ3n) is 3.29. The Labute approximate surface area is 154 Å². The average molecular weight is 385 g/mol. The van der Waals surface area contributed by atoms with Crippen molar-refractivity contribution in [1.29, 1.82) is 0 Å². The molecule has 0 saturated carbocycles. The number of halogens is 2. The second-order valence-electron chi connectivity index (χ2n) is 5.54. The third kappa shape index (κ3) is 7.78. The summed E-state index contributed by atoms with van der Waals surface area (Å²) in [5.41, 5.74) is 6.39. The Hall–Kier alpha value is -0.440. The predicted octanol–water partition coefficient (Wildman–Crippen LogP) is 2.27. The van der Waals surface area contributed by atoms with Gasteiger partial charge in [0.2, 0.25) is 5.91 Å². The summed E-state index contributed by atoms with van der Waals surface area (Å²) in [6, 6.07) is 0. The zero-order valence-electron chi connectivity index (χ0n) is 13.5. The first-order valence-electron chi connectivity index (χ1n) is 7.39. The van der Waals surface area contributed by atoms with E-state index in [1.54, 1.807) is 0 Å². The average Bonchev–Trinajstić information content (AvgIpc) is 2.82. The number of anilines is 1. The Balaban J connectivity index is 0.00000242. The lowest BCUT2D eigenvalue weighted by molar-refractivity contribution is -0.116. The van der Waals surface area contributed by atoms with Crippen molar-refractivity contribution in [2.45, 2.75) is 45.4 Å². The molecule has 1 aromatic heterocycles. The highest BCUT2D eigenvalue weighted by Crippen LogP contribution is 2.19. The van der Waals surface area contributed by atoms with Crippen LogP contribution in [-0.2, 0) is 16.1 Å². The summed E-state index contributed by atoms with van der Waals surface area (Å²) in [5, 5.41) is 5.49. The minimum absolute atomic E-state index is 0. The smallest absolute Gasteiger partial charge is 0.226 e. The molecule has 2 rings (SSSR count). The molecule has 1 aliphatic heterocycles. The quantitative estimate of drug-likeness (QED) is 0.785. The number of ether oxygens (including phenoxy) is 1. The summed E-state index contributed by atoms with van der Waals surface area (Å²) >= 11 is 1.47. The van der Waals surface area contributed by atoms with Crippen molar-refractivity contribution in [3.05, 3.63) is 11.1 Å². The molecular weight excluding hydrogens is 359 g/mol. The molecular formula is C14H26Cl2N4O2S. The van der Waals surface area contributed by atoms with Gasteiger partial charge in [-0.15, -0.1) is 36.2 Å². The molecule has 0 aromatic carbocycles. The van der Waals surface area contributed by atoms with Crippen molar-refractivity contribution in [2.24, 2.45) is 5.73 Å². The number of aromatic nitrogens is 1. The highest BCUT2D eigenvalue weighted by Gasteiger charge is 2.22. The monoisotopic (exact) mass is 384 g/mol. The van der Waals surface area contributed by atoms with Crippen LogP contribution in [0.1, 0.15) is 32.4 Å². The molecule has 1 fully saturated rings. The van der Waals surface area contributed by atoms with Crippen molar-refractivity contribution in [2.75, 3.05) is 25.0 Å². The lowest BCUT2D eigenvalue weighted by atomic mass is 10.2. The van der Waals surface area contributed by atoms with E-state index in [9.17, 15) is 4.79 Å². The zero-order chi connectivity index (χ0) is 15.2. The SMILES string of the molecule is CC1CN(Cc2csc(NC(=O)CCCN)n2)CC(C)O1.Cl.Cl. The number of hydrogen-bond donors (Lipinski definition) is 2. The molecule has 6 nitrogen and oxygen atoms in total. The molecule has 2 atom stereocenters. The Kier molecular flexibility index (Phi) is 11.0. The first-order valence-corrected chi connectivity index (χ1v) is 8.27. The number of nitrogens with two attached hydrogens (primary N) is 1. The molecule has 134 valence electrons. The van der Waals surface area contributed by atoms with Gasteiger partial charge in [0.25, 0.3) is 0 Å². The van der Waals surface area contributed by atoms with E-state index < -0.39 is 0 Å². The Bertz CT molecular complexity index is 465. The number of nitrogens with one attached hydrogen (secondary N) is 1. The topological polar surface area (TPSA) is 80.5 Å². The van der Waals surface area contributed by atoms with Crippen molar-refractivity contribution in [3.63, 3.8) is 0 Å². The van der Waals surface area contributed by atoms with Gasteiger partial charge in [0.15, 0.2) is 5.13 Å². The first-order chi connectivity index (χ1) is 10.1. The molecule has 0 aliphatic carbocycles. The molecule has 1 amide bonds. The van der Waals surface area contributed by atoms with Crippen LogP contribution >= 0.6 is 36.2 Å². The fraction of sp³-hybridized carbons (Fsp3) is 0.714. The minimum atomic E-state index is -0.0185. The molecule has 1 aliphatic rings. The van der Waals surface area contributed by atoms with E-state index in [-0.39, 0.29) is 42.9 Å². The maximum atomic E-state index is 11.6. The van der Waals surface area contributed by atoms with E-state index in [4.69, 9.17) is 10.5 Å². The highest BCUT2D eigenvalue weighted by molar-refractivity contribution is 7.13. The second-order valence-corrected chi connectivity index (χ2v) is 6.39. The minimum Gasteiger partial charge on any atom is -0.373 e. The van der Waals surface area contributed by atoms with Crippen LogP contribution in [0.4, 0.5) is 5.13 Å². The summed E-state index contributed by atoms with van der Waals surface area (Å²) in [6.07, 6.45) is 1.66. The predicted molar refractivity (Wildman–Crippen MR) is 98.8 cm³/mol. The van der Waals surface area contributed by atoms with Gasteiger partial charge in [0.1, 0.15) is 0 Å². The van der Waals surface area contributed by atoms with E-state index in [0.29, 0.717) is 24.5 Å². The number of carbonyl (C=O) groups excluding carboxylic acids is 1. The highest BCUT2D eigenvalue weighted by atomic mass is 35.5. The Morgan fingerprint density at radius 1 is 1.43 bits per heavy atom. The van der Waals surface area contributed by atoms with Gasteiger partial charge in [0, 0.05) is 31.4 Å². The first kappa shape index (κ1) is 22.6. The number of thiazole rings is 1. The zero-order valence-corrected chi connectivity index (χ0v) is 15.9. The maximum Gasteiger partial charge on any atom is 0.226 e. The summed E-state index contributed by atoms with van der Waals surface area (Å²) in [5.74, 6) is -0.0185. The van der Waals surface area contributed by atoms with Crippen molar-refractivity contribution in [3.8, 4) is 0 Å². The van der Waals surface area contributed by atoms with Gasteiger partial charge in [-0.25, -0.2) is 4.98 Å². The molecule has 0 radical (unpaired) electrons. The standard InChI is InChI=1S/C14H24N4O2S.2ClH/c1-10-6-18(7-11(2)20-10)8-12-9-21-14(16-12)17-13(19)4-3-5-15;;/h9-11H,3-8,15H2,1-2H3,(H,16,17,19);2*1H. The fourth-order valence-electron chi connectivity index (χ4n) is 2.52. The van der Waals surface area contributed by atoms with Gasteiger partial charge in [-0.3, -0.25) is 9.69 Å². The molecule has 0 bridgehead atoms. The second kappa shape index (κ2) is 11.2. The van der Waals surface area contributed by atoms with Gasteiger partial charge < -0.3 is 15.8 Å². The van der Waals surface area contributed by atoms with Crippen molar-refractivity contribution < 1.29 is 9.53 Å². The van der Waals surface area contributed by atoms with Crippen molar-refractivity contribution in [1.82, 2.24) is 9.88 Å². The van der Waals surface area contributed by atoms with Crippen molar-refractivity contribution >= 4 is 47.2 Å². The van der Waals surface area contributed by atoms with E-state index >= 15 is 0 Å². The molecule has 2 unspecified atom stereocenters. The summed E-state index contributed by atoms with van der Waals surface area (Å²) in [6.45, 7) is 7.34. The number of carbonyl (C=O) groups is 1. The van der Waals surface area contributed by atoms with E-state index in [1.807, 2.05) is 5.38 Å². The molecule has 2 heterocycles. The van der Waals surface area contributed by atoms with Crippen LogP contribution in [0, 0.1) is 0 Å². The van der Waals surface area contributed by atoms with Crippen LogP contribution in [-0.4, -0.2) is 47.6 Å². The molecule has 1 aromatic rings. The van der Waals surface area contributed by atoms with Crippen LogP contribution in [0.25, 0.3) is 0 Å². The summed E-state index contributed by atoms with van der Waals surface area (Å²) < 4.78 is 5.72. The number of nitrogens with zero attached hydrogens (tertiary/aromatic N) is 2. The number of morpholine rings is 1. The van der Waals surface area contributed by atoms with E-state index in [0.717, 1.165) is 25.3 Å². The number of amides is 1. The van der Waals surface area contributed by atoms with E-state index in [2.05, 4.69) is 29.0 Å².